The molecule has 0 fully saturated rings. The van der Waals surface area contributed by atoms with Gasteiger partial charge in [-0.2, -0.15) is 0 Å². The van der Waals surface area contributed by atoms with Crippen LogP contribution in [0.15, 0.2) is 194 Å². The maximum atomic E-state index is 2.55. The first-order valence-electron chi connectivity index (χ1n) is 19.3. The minimum atomic E-state index is -0.429. The molecule has 0 unspecified atom stereocenters. The van der Waals surface area contributed by atoms with Gasteiger partial charge < -0.3 is 0 Å². The van der Waals surface area contributed by atoms with Gasteiger partial charge >= 0.3 is 0 Å². The average Bonchev–Trinajstić information content (AvgIpc) is 3.71. The molecule has 0 heteroatoms. The molecule has 2 aliphatic rings. The number of fused-ring (bicyclic) bond motifs is 12. The van der Waals surface area contributed by atoms with Gasteiger partial charge in [0.1, 0.15) is 0 Å². The molecule has 0 atom stereocenters. The highest BCUT2D eigenvalue weighted by Crippen LogP contribution is 2.65. The maximum absolute atomic E-state index is 2.55. The second kappa shape index (κ2) is 10.6. The zero-order valence-corrected chi connectivity index (χ0v) is 30.0. The van der Waals surface area contributed by atoms with Crippen molar-refractivity contribution < 1.29 is 0 Å². The minimum absolute atomic E-state index is 0.429. The van der Waals surface area contributed by atoms with Crippen molar-refractivity contribution in [2.24, 2.45) is 0 Å². The first-order chi connectivity index (χ1) is 27.3. The average molecular weight is 693 g/mol. The smallest absolute Gasteiger partial charge is 0.0619 e. The lowest BCUT2D eigenvalue weighted by Gasteiger charge is -2.31. The van der Waals surface area contributed by atoms with E-state index in [2.05, 4.69) is 194 Å². The molecule has 0 aromatic heterocycles. The minimum Gasteiger partial charge on any atom is -0.0619 e. The molecule has 11 aromatic rings. The molecule has 55 heavy (non-hydrogen) atoms. The second-order valence-corrected chi connectivity index (χ2v) is 15.5. The molecule has 0 radical (unpaired) electrons. The van der Waals surface area contributed by atoms with Crippen molar-refractivity contribution in [3.8, 4) is 44.5 Å². The summed E-state index contributed by atoms with van der Waals surface area (Å²) in [5.74, 6) is 0. The standard InChI is InChI=1S/C55H32/c1-2-11-37-30-39(23-20-33(37)10-1)53-42-28-26-38(41-27-24-36-22-21-34-12-9-13-35-25-29-45(41)52(36)51(34)35)31-40(42)32-50-54(53)46-16-5-8-19-49(46)55(50)47-17-6-3-14-43(47)44-15-4-7-18-48(44)55/h1-32H. The van der Waals surface area contributed by atoms with E-state index in [1.54, 1.807) is 0 Å². The normalized spacial score (nSPS) is 13.6. The summed E-state index contributed by atoms with van der Waals surface area (Å²) in [6.45, 7) is 0. The monoisotopic (exact) mass is 692 g/mol. The second-order valence-electron chi connectivity index (χ2n) is 15.5. The third-order valence-electron chi connectivity index (χ3n) is 13.0. The lowest BCUT2D eigenvalue weighted by atomic mass is 9.70. The van der Waals surface area contributed by atoms with Gasteiger partial charge in [0.25, 0.3) is 0 Å². The molecule has 2 aliphatic carbocycles. The summed E-state index contributed by atoms with van der Waals surface area (Å²) < 4.78 is 0. The van der Waals surface area contributed by atoms with E-state index in [9.17, 15) is 0 Å². The van der Waals surface area contributed by atoms with Crippen LogP contribution >= 0.6 is 0 Å². The molecule has 0 saturated heterocycles. The summed E-state index contributed by atoms with van der Waals surface area (Å²) in [4.78, 5) is 0. The van der Waals surface area contributed by atoms with Crippen LogP contribution in [-0.4, -0.2) is 0 Å². The van der Waals surface area contributed by atoms with Crippen LogP contribution in [0.25, 0.3) is 98.4 Å². The zero-order valence-electron chi connectivity index (χ0n) is 30.0. The maximum Gasteiger partial charge on any atom is 0.0725 e. The van der Waals surface area contributed by atoms with E-state index >= 15 is 0 Å². The lowest BCUT2D eigenvalue weighted by molar-refractivity contribution is 0.795. The van der Waals surface area contributed by atoms with Gasteiger partial charge in [0.15, 0.2) is 0 Å². The van der Waals surface area contributed by atoms with E-state index in [4.69, 9.17) is 0 Å². The predicted octanol–water partition coefficient (Wildman–Crippen LogP) is 14.6. The van der Waals surface area contributed by atoms with Gasteiger partial charge in [-0.1, -0.05) is 176 Å². The topological polar surface area (TPSA) is 0 Å². The summed E-state index contributed by atoms with van der Waals surface area (Å²) in [6.07, 6.45) is 0. The van der Waals surface area contributed by atoms with E-state index in [1.807, 2.05) is 0 Å². The first kappa shape index (κ1) is 29.4. The van der Waals surface area contributed by atoms with Gasteiger partial charge in [0.05, 0.1) is 5.41 Å². The zero-order chi connectivity index (χ0) is 35.8. The largest absolute Gasteiger partial charge is 0.0725 e. The number of rotatable bonds is 2. The number of hydrogen-bond acceptors (Lipinski definition) is 0. The highest BCUT2D eigenvalue weighted by molar-refractivity contribution is 6.25. The molecule has 0 amide bonds. The van der Waals surface area contributed by atoms with Crippen LogP contribution in [0.5, 0.6) is 0 Å². The van der Waals surface area contributed by atoms with Crippen molar-refractivity contribution >= 4 is 53.9 Å². The van der Waals surface area contributed by atoms with Crippen LogP contribution in [-0.2, 0) is 5.41 Å². The van der Waals surface area contributed by atoms with Crippen molar-refractivity contribution in [1.29, 1.82) is 0 Å². The number of hydrogen-bond donors (Lipinski definition) is 0. The highest BCUT2D eigenvalue weighted by atomic mass is 14.5. The molecule has 0 heterocycles. The Morgan fingerprint density at radius 3 is 1.55 bits per heavy atom. The Kier molecular flexibility index (Phi) is 5.65. The van der Waals surface area contributed by atoms with Gasteiger partial charge in [0, 0.05) is 0 Å². The van der Waals surface area contributed by atoms with Crippen LogP contribution in [0, 0.1) is 0 Å². The molecule has 0 aliphatic heterocycles. The molecule has 0 saturated carbocycles. The van der Waals surface area contributed by atoms with Crippen molar-refractivity contribution in [2.75, 3.05) is 0 Å². The van der Waals surface area contributed by atoms with Crippen molar-refractivity contribution in [1.82, 2.24) is 0 Å². The van der Waals surface area contributed by atoms with Crippen LogP contribution in [0.4, 0.5) is 0 Å². The Morgan fingerprint density at radius 2 is 0.782 bits per heavy atom. The molecular formula is C55H32. The quantitative estimate of drug-likeness (QED) is 0.158. The molecule has 13 rings (SSSR count). The highest BCUT2D eigenvalue weighted by Gasteiger charge is 2.52. The third kappa shape index (κ3) is 3.71. The van der Waals surface area contributed by atoms with E-state index in [0.29, 0.717) is 0 Å². The number of benzene rings is 11. The van der Waals surface area contributed by atoms with Gasteiger partial charge in [-0.3, -0.25) is 0 Å². The van der Waals surface area contributed by atoms with Crippen LogP contribution in [0.1, 0.15) is 22.3 Å². The first-order valence-corrected chi connectivity index (χ1v) is 19.3. The summed E-state index contributed by atoms with van der Waals surface area (Å²) in [5.41, 5.74) is 15.5. The predicted molar refractivity (Wildman–Crippen MR) is 232 cm³/mol. The van der Waals surface area contributed by atoms with E-state index in [0.717, 1.165) is 0 Å². The van der Waals surface area contributed by atoms with Gasteiger partial charge in [-0.15, -0.1) is 0 Å². The van der Waals surface area contributed by atoms with Gasteiger partial charge in [-0.05, 0) is 139 Å². The Hall–Kier alpha value is -7.02. The van der Waals surface area contributed by atoms with E-state index in [1.165, 1.54) is 121 Å². The fraction of sp³-hybridized carbons (Fsp3) is 0.0182. The Labute approximate surface area is 318 Å². The summed E-state index contributed by atoms with van der Waals surface area (Å²) in [7, 11) is 0. The fourth-order valence-corrected chi connectivity index (χ4v) is 10.8. The third-order valence-corrected chi connectivity index (χ3v) is 13.0. The molecule has 0 bridgehead atoms. The molecule has 0 N–H and O–H groups in total. The van der Waals surface area contributed by atoms with Gasteiger partial charge in [-0.25, -0.2) is 0 Å². The summed E-state index contributed by atoms with van der Waals surface area (Å²) in [6, 6.07) is 73.5. The van der Waals surface area contributed by atoms with Crippen molar-refractivity contribution in [3.05, 3.63) is 216 Å². The van der Waals surface area contributed by atoms with E-state index in [-0.39, 0.29) is 0 Å². The van der Waals surface area contributed by atoms with Gasteiger partial charge in [0.2, 0.25) is 0 Å². The Bertz CT molecular complexity index is 3370. The molecule has 0 nitrogen and oxygen atoms in total. The van der Waals surface area contributed by atoms with Crippen molar-refractivity contribution in [2.45, 2.75) is 5.41 Å². The Morgan fingerprint density at radius 1 is 0.255 bits per heavy atom. The van der Waals surface area contributed by atoms with Crippen LogP contribution in [0.2, 0.25) is 0 Å². The molecule has 1 spiro atoms. The lowest BCUT2D eigenvalue weighted by Crippen LogP contribution is -2.25. The SMILES string of the molecule is c1ccc2c(c1)-c1ccccc1C21c2ccccc2-c2c1cc1cc(-c3ccc4ccc5cccc6ccc3c4c56)ccc1c2-c1ccc2ccccc2c1. The summed E-state index contributed by atoms with van der Waals surface area (Å²) in [5, 5.41) is 13.0. The fourth-order valence-electron chi connectivity index (χ4n) is 10.8. The van der Waals surface area contributed by atoms with Crippen LogP contribution in [0.3, 0.4) is 0 Å². The van der Waals surface area contributed by atoms with Crippen LogP contribution < -0.4 is 0 Å². The van der Waals surface area contributed by atoms with E-state index < -0.39 is 5.41 Å². The summed E-state index contributed by atoms with van der Waals surface area (Å²) >= 11 is 0. The molecular weight excluding hydrogens is 661 g/mol. The molecule has 252 valence electrons. The Balaban J connectivity index is 1.17. The molecule has 11 aromatic carbocycles. The van der Waals surface area contributed by atoms with Crippen molar-refractivity contribution in [3.63, 3.8) is 0 Å².